The number of methoxy groups -OCH3 is 1. The van der Waals surface area contributed by atoms with Crippen LogP contribution in [0.5, 0.6) is 0 Å². The van der Waals surface area contributed by atoms with E-state index in [1.54, 1.807) is 0 Å². The Hall–Kier alpha value is -0.130. The molecule has 4 heteroatoms. The molecule has 0 aliphatic heterocycles. The molecule has 1 unspecified atom stereocenters. The van der Waals surface area contributed by atoms with E-state index in [4.69, 9.17) is 0 Å². The molecule has 14 heavy (non-hydrogen) atoms. The molecule has 0 fully saturated rings. The number of Topliss-reactive ketones (excluding diaryl/α,β-unsaturated/α-hetero) is 1. The number of hydrogen-bond acceptors (Lipinski definition) is 3. The summed E-state index contributed by atoms with van der Waals surface area (Å²) in [6.07, 6.45) is 0.277. The summed E-state index contributed by atoms with van der Waals surface area (Å²) < 4.78 is 5.24. The standard InChI is InChI=1S/C10H17IO3/c1-10(2,3)8(12)5-7(6-11)9(13)14-4/h7H,5-6H2,1-4H3. The Morgan fingerprint density at radius 2 is 1.86 bits per heavy atom. The first-order valence-corrected chi connectivity index (χ1v) is 6.02. The minimum absolute atomic E-state index is 0.101. The van der Waals surface area contributed by atoms with E-state index in [-0.39, 0.29) is 29.5 Å². The molecule has 0 spiro atoms. The maximum Gasteiger partial charge on any atom is 0.309 e. The topological polar surface area (TPSA) is 43.4 Å². The van der Waals surface area contributed by atoms with Gasteiger partial charge in [0.1, 0.15) is 5.78 Å². The van der Waals surface area contributed by atoms with Gasteiger partial charge in [-0.25, -0.2) is 0 Å². The molecule has 0 aromatic carbocycles. The summed E-state index contributed by atoms with van der Waals surface area (Å²) >= 11 is 2.10. The van der Waals surface area contributed by atoms with Gasteiger partial charge in [0.2, 0.25) is 0 Å². The van der Waals surface area contributed by atoms with Crippen LogP contribution in [-0.4, -0.2) is 23.3 Å². The van der Waals surface area contributed by atoms with Gasteiger partial charge in [0.05, 0.1) is 13.0 Å². The predicted molar refractivity (Wildman–Crippen MR) is 63.5 cm³/mol. The van der Waals surface area contributed by atoms with E-state index in [0.29, 0.717) is 4.43 Å². The normalized spacial score (nSPS) is 13.5. The maximum absolute atomic E-state index is 11.6. The Morgan fingerprint density at radius 1 is 1.36 bits per heavy atom. The SMILES string of the molecule is COC(=O)C(CI)CC(=O)C(C)(C)C. The van der Waals surface area contributed by atoms with Gasteiger partial charge in [-0.3, -0.25) is 9.59 Å². The molecule has 0 radical (unpaired) electrons. The van der Waals surface area contributed by atoms with Crippen LogP contribution in [0.15, 0.2) is 0 Å². The van der Waals surface area contributed by atoms with Crippen LogP contribution in [0.2, 0.25) is 0 Å². The number of rotatable bonds is 4. The number of carbonyl (C=O) groups is 2. The number of esters is 1. The number of ketones is 1. The van der Waals surface area contributed by atoms with Gasteiger partial charge in [0.15, 0.2) is 0 Å². The molecule has 0 amide bonds. The van der Waals surface area contributed by atoms with Gasteiger partial charge in [-0.05, 0) is 0 Å². The van der Waals surface area contributed by atoms with Crippen LogP contribution < -0.4 is 0 Å². The second-order valence-corrected chi connectivity index (χ2v) is 5.13. The molecule has 0 saturated heterocycles. The average molecular weight is 312 g/mol. The molecule has 0 bridgehead atoms. The number of hydrogen-bond donors (Lipinski definition) is 0. The van der Waals surface area contributed by atoms with E-state index >= 15 is 0 Å². The molecule has 0 heterocycles. The van der Waals surface area contributed by atoms with E-state index in [9.17, 15) is 9.59 Å². The van der Waals surface area contributed by atoms with Crippen molar-refractivity contribution in [2.45, 2.75) is 27.2 Å². The molecule has 0 rings (SSSR count). The number of halogens is 1. The number of ether oxygens (including phenoxy) is 1. The lowest BCUT2D eigenvalue weighted by atomic mass is 9.86. The van der Waals surface area contributed by atoms with Crippen LogP contribution in [0.3, 0.4) is 0 Å². The lowest BCUT2D eigenvalue weighted by Gasteiger charge is -2.19. The first kappa shape index (κ1) is 13.9. The molecule has 0 N–H and O–H groups in total. The van der Waals surface area contributed by atoms with Gasteiger partial charge >= 0.3 is 5.97 Å². The van der Waals surface area contributed by atoms with E-state index in [0.717, 1.165) is 0 Å². The van der Waals surface area contributed by atoms with Crippen LogP contribution in [0.1, 0.15) is 27.2 Å². The molecule has 0 aliphatic rings. The van der Waals surface area contributed by atoms with E-state index in [1.807, 2.05) is 20.8 Å². The average Bonchev–Trinajstić information content (AvgIpc) is 2.10. The Kier molecular flexibility index (Phi) is 5.63. The summed E-state index contributed by atoms with van der Waals surface area (Å²) in [6.45, 7) is 5.57. The number of alkyl halides is 1. The van der Waals surface area contributed by atoms with Crippen LogP contribution >= 0.6 is 22.6 Å². The highest BCUT2D eigenvalue weighted by Crippen LogP contribution is 2.21. The largest absolute Gasteiger partial charge is 0.469 e. The summed E-state index contributed by atoms with van der Waals surface area (Å²) in [5.41, 5.74) is -0.377. The Bertz CT molecular complexity index is 218. The highest BCUT2D eigenvalue weighted by Gasteiger charge is 2.28. The third-order valence-corrected chi connectivity index (χ3v) is 3.05. The first-order chi connectivity index (χ1) is 6.32. The monoisotopic (exact) mass is 312 g/mol. The van der Waals surface area contributed by atoms with E-state index in [2.05, 4.69) is 27.3 Å². The van der Waals surface area contributed by atoms with Gasteiger partial charge in [-0.15, -0.1) is 0 Å². The lowest BCUT2D eigenvalue weighted by Crippen LogP contribution is -2.27. The lowest BCUT2D eigenvalue weighted by molar-refractivity contribution is -0.147. The third-order valence-electron chi connectivity index (χ3n) is 1.99. The molecule has 0 saturated carbocycles. The van der Waals surface area contributed by atoms with Crippen LogP contribution in [0.4, 0.5) is 0 Å². The quantitative estimate of drug-likeness (QED) is 0.454. The summed E-state index contributed by atoms with van der Waals surface area (Å²) in [6, 6.07) is 0. The second kappa shape index (κ2) is 5.68. The van der Waals surface area contributed by atoms with Crippen molar-refractivity contribution >= 4 is 34.3 Å². The Balaban J connectivity index is 4.34. The zero-order valence-corrected chi connectivity index (χ0v) is 11.3. The fraction of sp³-hybridized carbons (Fsp3) is 0.800. The molecule has 0 aromatic heterocycles. The maximum atomic E-state index is 11.6. The fourth-order valence-corrected chi connectivity index (χ4v) is 1.57. The summed E-state index contributed by atoms with van der Waals surface area (Å²) in [5.74, 6) is -0.492. The van der Waals surface area contributed by atoms with Crippen LogP contribution in [-0.2, 0) is 14.3 Å². The summed E-state index contributed by atoms with van der Waals surface area (Å²) in [5, 5.41) is 0. The van der Waals surface area contributed by atoms with Gasteiger partial charge in [-0.2, -0.15) is 0 Å². The van der Waals surface area contributed by atoms with Crippen molar-refractivity contribution < 1.29 is 14.3 Å². The molecule has 0 aromatic rings. The predicted octanol–water partition coefficient (Wildman–Crippen LogP) is 2.22. The minimum atomic E-state index is -0.377. The van der Waals surface area contributed by atoms with Crippen molar-refractivity contribution in [3.8, 4) is 0 Å². The van der Waals surface area contributed by atoms with Crippen molar-refractivity contribution in [3.63, 3.8) is 0 Å². The highest BCUT2D eigenvalue weighted by molar-refractivity contribution is 14.1. The van der Waals surface area contributed by atoms with Crippen molar-refractivity contribution in [2.24, 2.45) is 11.3 Å². The van der Waals surface area contributed by atoms with Crippen LogP contribution in [0, 0.1) is 11.3 Å². The molecule has 82 valence electrons. The van der Waals surface area contributed by atoms with Gasteiger partial charge in [0.25, 0.3) is 0 Å². The Morgan fingerprint density at radius 3 is 2.14 bits per heavy atom. The zero-order valence-electron chi connectivity index (χ0n) is 9.09. The molecular weight excluding hydrogens is 295 g/mol. The number of carbonyl (C=O) groups excluding carboxylic acids is 2. The van der Waals surface area contributed by atoms with Gasteiger partial charge in [0, 0.05) is 16.3 Å². The van der Waals surface area contributed by atoms with E-state index < -0.39 is 0 Å². The molecule has 1 atom stereocenters. The third kappa shape index (κ3) is 4.39. The summed E-state index contributed by atoms with van der Waals surface area (Å²) in [7, 11) is 1.35. The zero-order chi connectivity index (χ0) is 11.4. The van der Waals surface area contributed by atoms with Crippen molar-refractivity contribution in [1.82, 2.24) is 0 Å². The van der Waals surface area contributed by atoms with Crippen molar-refractivity contribution in [1.29, 1.82) is 0 Å². The minimum Gasteiger partial charge on any atom is -0.469 e. The molecular formula is C10H17IO3. The first-order valence-electron chi connectivity index (χ1n) is 4.50. The molecule has 3 nitrogen and oxygen atoms in total. The smallest absolute Gasteiger partial charge is 0.309 e. The van der Waals surface area contributed by atoms with Gasteiger partial charge < -0.3 is 4.74 Å². The van der Waals surface area contributed by atoms with Crippen molar-refractivity contribution in [2.75, 3.05) is 11.5 Å². The van der Waals surface area contributed by atoms with Gasteiger partial charge in [-0.1, -0.05) is 43.4 Å². The molecule has 0 aliphatic carbocycles. The van der Waals surface area contributed by atoms with E-state index in [1.165, 1.54) is 7.11 Å². The summed E-state index contributed by atoms with van der Waals surface area (Å²) in [4.78, 5) is 22.9. The van der Waals surface area contributed by atoms with Crippen molar-refractivity contribution in [3.05, 3.63) is 0 Å². The Labute approximate surface area is 98.7 Å². The highest BCUT2D eigenvalue weighted by atomic mass is 127. The second-order valence-electron chi connectivity index (χ2n) is 4.25. The van der Waals surface area contributed by atoms with Crippen LogP contribution in [0.25, 0.3) is 0 Å². The fourth-order valence-electron chi connectivity index (χ4n) is 0.898.